The summed E-state index contributed by atoms with van der Waals surface area (Å²) in [6.45, 7) is 0. The van der Waals surface area contributed by atoms with Crippen molar-refractivity contribution in [1.29, 1.82) is 0 Å². The maximum absolute atomic E-state index is 11.4. The van der Waals surface area contributed by atoms with Crippen LogP contribution >= 0.6 is 11.3 Å². The van der Waals surface area contributed by atoms with Crippen LogP contribution in [-0.2, 0) is 9.84 Å². The average molecular weight is 279 g/mol. The summed E-state index contributed by atoms with van der Waals surface area (Å²) in [7, 11) is -3.28. The van der Waals surface area contributed by atoms with Gasteiger partial charge < -0.3 is 4.98 Å². The first-order valence-electron chi connectivity index (χ1n) is 5.15. The van der Waals surface area contributed by atoms with E-state index in [0.717, 1.165) is 34.1 Å². The van der Waals surface area contributed by atoms with Gasteiger partial charge in [0.25, 0.3) is 0 Å². The SMILES string of the molecule is CS(=O)(=O)c1nnc(-c2ccc3[nH]ccc3c2)s1. The highest BCUT2D eigenvalue weighted by atomic mass is 32.2. The zero-order valence-electron chi connectivity index (χ0n) is 9.41. The Hall–Kier alpha value is -1.73. The maximum atomic E-state index is 11.4. The molecule has 2 aromatic heterocycles. The van der Waals surface area contributed by atoms with E-state index in [1.165, 1.54) is 0 Å². The molecule has 18 heavy (non-hydrogen) atoms. The molecular formula is C11H9N3O2S2. The fraction of sp³-hybridized carbons (Fsp3) is 0.0909. The molecule has 1 N–H and O–H groups in total. The van der Waals surface area contributed by atoms with E-state index >= 15 is 0 Å². The average Bonchev–Trinajstić information content (AvgIpc) is 2.96. The molecule has 0 saturated heterocycles. The molecule has 5 nitrogen and oxygen atoms in total. The number of nitrogens with zero attached hydrogens (tertiary/aromatic N) is 2. The molecule has 0 amide bonds. The predicted octanol–water partition coefficient (Wildman–Crippen LogP) is 2.09. The van der Waals surface area contributed by atoms with Gasteiger partial charge in [-0.1, -0.05) is 11.3 Å². The number of rotatable bonds is 2. The van der Waals surface area contributed by atoms with Crippen LogP contribution in [0.25, 0.3) is 21.5 Å². The van der Waals surface area contributed by atoms with Crippen LogP contribution in [0.15, 0.2) is 34.8 Å². The monoisotopic (exact) mass is 279 g/mol. The first kappa shape index (κ1) is 11.4. The van der Waals surface area contributed by atoms with E-state index in [4.69, 9.17) is 0 Å². The van der Waals surface area contributed by atoms with E-state index in [2.05, 4.69) is 15.2 Å². The zero-order chi connectivity index (χ0) is 12.8. The molecule has 3 rings (SSSR count). The van der Waals surface area contributed by atoms with Crippen LogP contribution in [0.4, 0.5) is 0 Å². The summed E-state index contributed by atoms with van der Waals surface area (Å²) in [5.74, 6) is 0. The predicted molar refractivity (Wildman–Crippen MR) is 70.3 cm³/mol. The molecule has 7 heteroatoms. The summed E-state index contributed by atoms with van der Waals surface area (Å²) in [6.07, 6.45) is 2.99. The highest BCUT2D eigenvalue weighted by molar-refractivity contribution is 7.92. The van der Waals surface area contributed by atoms with E-state index in [1.54, 1.807) is 0 Å². The molecule has 0 unspecified atom stereocenters. The van der Waals surface area contributed by atoms with Crippen molar-refractivity contribution in [3.8, 4) is 10.6 Å². The number of benzene rings is 1. The summed E-state index contributed by atoms with van der Waals surface area (Å²) in [5.41, 5.74) is 1.90. The third-order valence-electron chi connectivity index (χ3n) is 2.52. The fourth-order valence-corrected chi connectivity index (χ4v) is 3.27. The summed E-state index contributed by atoms with van der Waals surface area (Å²) in [6, 6.07) is 7.74. The Morgan fingerprint density at radius 2 is 2.06 bits per heavy atom. The first-order valence-corrected chi connectivity index (χ1v) is 7.86. The quantitative estimate of drug-likeness (QED) is 0.779. The van der Waals surface area contributed by atoms with Gasteiger partial charge in [0.05, 0.1) is 0 Å². The minimum absolute atomic E-state index is 0.0478. The van der Waals surface area contributed by atoms with E-state index in [9.17, 15) is 8.42 Å². The van der Waals surface area contributed by atoms with Crippen LogP contribution in [0.2, 0.25) is 0 Å². The number of hydrogen-bond acceptors (Lipinski definition) is 5. The first-order chi connectivity index (χ1) is 8.54. The Morgan fingerprint density at radius 1 is 1.22 bits per heavy atom. The van der Waals surface area contributed by atoms with Crippen LogP contribution in [0, 0.1) is 0 Å². The van der Waals surface area contributed by atoms with E-state index < -0.39 is 9.84 Å². The molecule has 0 fully saturated rings. The second-order valence-corrected chi connectivity index (χ2v) is 7.09. The lowest BCUT2D eigenvalue weighted by atomic mass is 10.2. The highest BCUT2D eigenvalue weighted by Crippen LogP contribution is 2.28. The molecule has 0 atom stereocenters. The fourth-order valence-electron chi connectivity index (χ4n) is 1.66. The van der Waals surface area contributed by atoms with Gasteiger partial charge >= 0.3 is 0 Å². The van der Waals surface area contributed by atoms with Crippen LogP contribution < -0.4 is 0 Å². The lowest BCUT2D eigenvalue weighted by Crippen LogP contribution is -1.95. The molecule has 0 aliphatic carbocycles. The zero-order valence-corrected chi connectivity index (χ0v) is 11.0. The Balaban J connectivity index is 2.11. The third-order valence-corrected chi connectivity index (χ3v) is 5.17. The molecule has 0 radical (unpaired) electrons. The van der Waals surface area contributed by atoms with Crippen molar-refractivity contribution in [3.63, 3.8) is 0 Å². The molecule has 0 bridgehead atoms. The van der Waals surface area contributed by atoms with Crippen LogP contribution in [0.3, 0.4) is 0 Å². The second-order valence-electron chi connectivity index (χ2n) is 3.92. The van der Waals surface area contributed by atoms with Crippen molar-refractivity contribution in [3.05, 3.63) is 30.5 Å². The topological polar surface area (TPSA) is 75.7 Å². The van der Waals surface area contributed by atoms with E-state index in [1.807, 2.05) is 30.5 Å². The van der Waals surface area contributed by atoms with Gasteiger partial charge in [-0.3, -0.25) is 0 Å². The molecule has 0 aliphatic heterocycles. The molecule has 2 heterocycles. The van der Waals surface area contributed by atoms with Gasteiger partial charge in [-0.05, 0) is 24.3 Å². The normalized spacial score (nSPS) is 12.1. The lowest BCUT2D eigenvalue weighted by molar-refractivity contribution is 0.600. The van der Waals surface area contributed by atoms with Crippen molar-refractivity contribution in [2.75, 3.05) is 6.26 Å². The smallest absolute Gasteiger partial charge is 0.232 e. The number of aromatic nitrogens is 3. The van der Waals surface area contributed by atoms with Crippen LogP contribution in [0.5, 0.6) is 0 Å². The van der Waals surface area contributed by atoms with Gasteiger partial charge in [0.15, 0.2) is 0 Å². The van der Waals surface area contributed by atoms with E-state index in [0.29, 0.717) is 5.01 Å². The largest absolute Gasteiger partial charge is 0.361 e. The second kappa shape index (κ2) is 3.89. The third kappa shape index (κ3) is 1.91. The standard InChI is InChI=1S/C11H9N3O2S2/c1-18(15,16)11-14-13-10(17-11)8-2-3-9-7(6-8)4-5-12-9/h2-6,12H,1H3. The Kier molecular flexibility index (Phi) is 2.46. The Bertz CT molecular complexity index is 818. The Morgan fingerprint density at radius 3 is 2.78 bits per heavy atom. The number of hydrogen-bond donors (Lipinski definition) is 1. The maximum Gasteiger partial charge on any atom is 0.232 e. The van der Waals surface area contributed by atoms with Crippen LogP contribution in [-0.4, -0.2) is 29.9 Å². The minimum atomic E-state index is -3.28. The molecule has 0 saturated carbocycles. The number of fused-ring (bicyclic) bond motifs is 1. The van der Waals surface area contributed by atoms with Crippen molar-refractivity contribution >= 4 is 32.1 Å². The van der Waals surface area contributed by atoms with Gasteiger partial charge in [0.1, 0.15) is 5.01 Å². The van der Waals surface area contributed by atoms with Crippen molar-refractivity contribution < 1.29 is 8.42 Å². The van der Waals surface area contributed by atoms with Crippen molar-refractivity contribution in [1.82, 2.24) is 15.2 Å². The van der Waals surface area contributed by atoms with Gasteiger partial charge in [-0.2, -0.15) is 0 Å². The Labute approximate surface area is 107 Å². The van der Waals surface area contributed by atoms with Gasteiger partial charge in [-0.15, -0.1) is 10.2 Å². The van der Waals surface area contributed by atoms with Gasteiger partial charge in [0, 0.05) is 28.9 Å². The number of sulfone groups is 1. The summed E-state index contributed by atoms with van der Waals surface area (Å²) >= 11 is 1.08. The highest BCUT2D eigenvalue weighted by Gasteiger charge is 2.15. The summed E-state index contributed by atoms with van der Waals surface area (Å²) in [4.78, 5) is 3.10. The summed E-state index contributed by atoms with van der Waals surface area (Å²) < 4.78 is 22.8. The molecule has 0 spiro atoms. The van der Waals surface area contributed by atoms with Crippen molar-refractivity contribution in [2.45, 2.75) is 4.34 Å². The minimum Gasteiger partial charge on any atom is -0.361 e. The molecular weight excluding hydrogens is 270 g/mol. The number of aromatic amines is 1. The van der Waals surface area contributed by atoms with E-state index in [-0.39, 0.29) is 4.34 Å². The summed E-state index contributed by atoms with van der Waals surface area (Å²) in [5, 5.41) is 9.30. The molecule has 92 valence electrons. The van der Waals surface area contributed by atoms with Crippen LogP contribution in [0.1, 0.15) is 0 Å². The number of H-pyrrole nitrogens is 1. The molecule has 1 aromatic carbocycles. The van der Waals surface area contributed by atoms with Gasteiger partial charge in [-0.25, -0.2) is 8.42 Å². The van der Waals surface area contributed by atoms with Crippen molar-refractivity contribution in [2.24, 2.45) is 0 Å². The van der Waals surface area contributed by atoms with Gasteiger partial charge in [0.2, 0.25) is 14.2 Å². The molecule has 0 aliphatic rings. The lowest BCUT2D eigenvalue weighted by Gasteiger charge is -1.95. The molecule has 3 aromatic rings. The number of nitrogens with one attached hydrogen (secondary N) is 1.